The van der Waals surface area contributed by atoms with Gasteiger partial charge < -0.3 is 15.5 Å². The highest BCUT2D eigenvalue weighted by atomic mass is 16.1. The van der Waals surface area contributed by atoms with E-state index >= 15 is 0 Å². The number of amides is 1. The summed E-state index contributed by atoms with van der Waals surface area (Å²) in [5.41, 5.74) is 3.63. The second-order valence-electron chi connectivity index (χ2n) is 8.67. The molecule has 2 N–H and O–H groups in total. The number of carbonyl (C=O) groups is 1. The first-order chi connectivity index (χ1) is 15.3. The summed E-state index contributed by atoms with van der Waals surface area (Å²) in [4.78, 5) is 19.9. The van der Waals surface area contributed by atoms with Crippen LogP contribution in [0.25, 0.3) is 5.65 Å². The van der Waals surface area contributed by atoms with Gasteiger partial charge in [-0.1, -0.05) is 31.4 Å². The van der Waals surface area contributed by atoms with Crippen LogP contribution >= 0.6 is 0 Å². The molecule has 7 heteroatoms. The quantitative estimate of drug-likeness (QED) is 0.633. The number of rotatable bonds is 6. The Kier molecular flexibility index (Phi) is 5.74. The van der Waals surface area contributed by atoms with Crippen LogP contribution in [0, 0.1) is 0 Å². The monoisotopic (exact) mass is 418 g/mol. The topological polar surface area (TPSA) is 74.6 Å². The number of benzene rings is 1. The van der Waals surface area contributed by atoms with Crippen LogP contribution in [0.5, 0.6) is 0 Å². The maximum Gasteiger partial charge on any atom is 0.256 e. The fourth-order valence-electron chi connectivity index (χ4n) is 4.67. The highest BCUT2D eigenvalue weighted by Gasteiger charge is 2.20. The largest absolute Gasteiger partial charge is 0.372 e. The number of nitrogens with zero attached hydrogens (tertiary/aromatic N) is 4. The van der Waals surface area contributed by atoms with Crippen molar-refractivity contribution in [3.63, 3.8) is 0 Å². The Morgan fingerprint density at radius 1 is 1.06 bits per heavy atom. The van der Waals surface area contributed by atoms with Crippen molar-refractivity contribution in [3.05, 3.63) is 53.9 Å². The van der Waals surface area contributed by atoms with Gasteiger partial charge in [0.1, 0.15) is 11.4 Å². The van der Waals surface area contributed by atoms with Crippen molar-refractivity contribution >= 4 is 23.1 Å². The molecule has 1 saturated heterocycles. The van der Waals surface area contributed by atoms with Crippen LogP contribution in [0.15, 0.2) is 42.7 Å². The third-order valence-corrected chi connectivity index (χ3v) is 6.41. The predicted octanol–water partition coefficient (Wildman–Crippen LogP) is 4.00. The average Bonchev–Trinajstić information content (AvgIpc) is 3.49. The van der Waals surface area contributed by atoms with Crippen LogP contribution < -0.4 is 15.5 Å². The first-order valence-corrected chi connectivity index (χ1v) is 11.5. The molecule has 0 bridgehead atoms. The summed E-state index contributed by atoms with van der Waals surface area (Å²) >= 11 is 0. The van der Waals surface area contributed by atoms with Crippen molar-refractivity contribution in [1.29, 1.82) is 0 Å². The van der Waals surface area contributed by atoms with Crippen molar-refractivity contribution in [1.82, 2.24) is 19.9 Å². The van der Waals surface area contributed by atoms with Crippen molar-refractivity contribution in [2.24, 2.45) is 0 Å². The fraction of sp³-hybridized carbons (Fsp3) is 0.458. The second-order valence-corrected chi connectivity index (χ2v) is 8.67. The third kappa shape index (κ3) is 4.50. The summed E-state index contributed by atoms with van der Waals surface area (Å²) < 4.78 is 1.66. The predicted molar refractivity (Wildman–Crippen MR) is 123 cm³/mol. The minimum Gasteiger partial charge on any atom is -0.372 e. The zero-order valence-corrected chi connectivity index (χ0v) is 17.9. The molecule has 1 aliphatic carbocycles. The first-order valence-electron chi connectivity index (χ1n) is 11.5. The second kappa shape index (κ2) is 8.96. The Hall–Kier alpha value is -3.09. The fourth-order valence-corrected chi connectivity index (χ4v) is 4.67. The normalized spacial score (nSPS) is 17.2. The van der Waals surface area contributed by atoms with Crippen LogP contribution in [0.3, 0.4) is 0 Å². The van der Waals surface area contributed by atoms with Gasteiger partial charge in [-0.3, -0.25) is 4.79 Å². The molecule has 1 saturated carbocycles. The number of nitrogens with one attached hydrogen (secondary N) is 2. The number of hydrogen-bond acceptors (Lipinski definition) is 5. The molecule has 0 unspecified atom stereocenters. The van der Waals surface area contributed by atoms with Crippen molar-refractivity contribution < 1.29 is 4.79 Å². The van der Waals surface area contributed by atoms with E-state index in [1.165, 1.54) is 43.4 Å². The van der Waals surface area contributed by atoms with Crippen LogP contribution in [0.4, 0.5) is 11.5 Å². The molecule has 2 fully saturated rings. The molecule has 31 heavy (non-hydrogen) atoms. The summed E-state index contributed by atoms with van der Waals surface area (Å²) in [6, 6.07) is 10.8. The lowest BCUT2D eigenvalue weighted by atomic mass is 9.95. The summed E-state index contributed by atoms with van der Waals surface area (Å²) in [6.45, 7) is 2.96. The number of fused-ring (bicyclic) bond motifs is 1. The Balaban J connectivity index is 1.28. The average molecular weight is 419 g/mol. The highest BCUT2D eigenvalue weighted by molar-refractivity contribution is 5.99. The van der Waals surface area contributed by atoms with E-state index < -0.39 is 0 Å². The molecule has 5 rings (SSSR count). The molecule has 1 amide bonds. The van der Waals surface area contributed by atoms with Gasteiger partial charge in [0, 0.05) is 37.6 Å². The molecule has 162 valence electrons. The standard InChI is InChI=1S/C24H30N6O/c31-24(27-19-8-2-1-3-9-19)21-17-26-30-14-11-22(28-23(21)30)25-16-18-7-6-10-20(15-18)29-12-4-5-13-29/h6-7,10-11,14-15,17,19H,1-5,8-9,12-13,16H2,(H,25,28)(H,27,31). The number of aromatic nitrogens is 3. The summed E-state index contributed by atoms with van der Waals surface area (Å²) in [7, 11) is 0. The van der Waals surface area contributed by atoms with Crippen LogP contribution in [0.2, 0.25) is 0 Å². The van der Waals surface area contributed by atoms with Gasteiger partial charge in [-0.15, -0.1) is 0 Å². The van der Waals surface area contributed by atoms with Gasteiger partial charge in [-0.25, -0.2) is 9.50 Å². The summed E-state index contributed by atoms with van der Waals surface area (Å²) in [6.07, 6.45) is 11.8. The maximum atomic E-state index is 12.8. The smallest absolute Gasteiger partial charge is 0.256 e. The number of anilines is 2. The highest BCUT2D eigenvalue weighted by Crippen LogP contribution is 2.22. The number of hydrogen-bond donors (Lipinski definition) is 2. The molecule has 1 aliphatic heterocycles. The van der Waals surface area contributed by atoms with Crippen molar-refractivity contribution in [3.8, 4) is 0 Å². The van der Waals surface area contributed by atoms with Gasteiger partial charge in [0.2, 0.25) is 0 Å². The van der Waals surface area contributed by atoms with Gasteiger partial charge in [0.15, 0.2) is 5.65 Å². The molecular weight excluding hydrogens is 388 g/mol. The lowest BCUT2D eigenvalue weighted by Crippen LogP contribution is -2.36. The lowest BCUT2D eigenvalue weighted by molar-refractivity contribution is 0.0929. The Morgan fingerprint density at radius 3 is 2.74 bits per heavy atom. The Bertz CT molecular complexity index is 1050. The molecule has 0 atom stereocenters. The van der Waals surface area contributed by atoms with Crippen molar-refractivity contribution in [2.75, 3.05) is 23.3 Å². The zero-order valence-electron chi connectivity index (χ0n) is 17.9. The molecular formula is C24H30N6O. The van der Waals surface area contributed by atoms with Crippen LogP contribution in [0.1, 0.15) is 60.9 Å². The molecule has 0 radical (unpaired) electrons. The lowest BCUT2D eigenvalue weighted by Gasteiger charge is -2.22. The van der Waals surface area contributed by atoms with E-state index in [1.54, 1.807) is 10.7 Å². The molecule has 3 heterocycles. The van der Waals surface area contributed by atoms with Crippen molar-refractivity contribution in [2.45, 2.75) is 57.5 Å². The molecule has 0 spiro atoms. The maximum absolute atomic E-state index is 12.8. The van der Waals surface area contributed by atoms with E-state index in [2.05, 4.69) is 49.9 Å². The van der Waals surface area contributed by atoms with Crippen LogP contribution in [-0.2, 0) is 6.54 Å². The Morgan fingerprint density at radius 2 is 1.90 bits per heavy atom. The zero-order chi connectivity index (χ0) is 21.0. The molecule has 3 aromatic rings. The summed E-state index contributed by atoms with van der Waals surface area (Å²) in [5, 5.41) is 10.9. The third-order valence-electron chi connectivity index (χ3n) is 6.41. The minimum atomic E-state index is -0.0788. The molecule has 2 aliphatic rings. The van der Waals surface area contributed by atoms with E-state index in [4.69, 9.17) is 0 Å². The van der Waals surface area contributed by atoms with E-state index in [9.17, 15) is 4.79 Å². The van der Waals surface area contributed by atoms with Gasteiger partial charge in [-0.05, 0) is 49.4 Å². The molecule has 2 aromatic heterocycles. The van der Waals surface area contributed by atoms with E-state index in [0.29, 0.717) is 17.8 Å². The number of carbonyl (C=O) groups excluding carboxylic acids is 1. The van der Waals surface area contributed by atoms with Crippen LogP contribution in [-0.4, -0.2) is 39.6 Å². The van der Waals surface area contributed by atoms with Gasteiger partial charge in [-0.2, -0.15) is 5.10 Å². The first kappa shape index (κ1) is 19.8. The van der Waals surface area contributed by atoms with Gasteiger partial charge in [0.05, 0.1) is 6.20 Å². The van der Waals surface area contributed by atoms with E-state index in [-0.39, 0.29) is 11.9 Å². The molecule has 7 nitrogen and oxygen atoms in total. The SMILES string of the molecule is O=C(NC1CCCCC1)c1cnn2ccc(NCc3cccc(N4CCCC4)c3)nc12. The molecule has 1 aromatic carbocycles. The minimum absolute atomic E-state index is 0.0788. The van der Waals surface area contributed by atoms with Gasteiger partial charge in [0.25, 0.3) is 5.91 Å². The van der Waals surface area contributed by atoms with E-state index in [1.807, 2.05) is 12.3 Å². The Labute approximate surface area is 182 Å². The van der Waals surface area contributed by atoms with E-state index in [0.717, 1.165) is 31.7 Å². The van der Waals surface area contributed by atoms with Gasteiger partial charge >= 0.3 is 0 Å². The summed E-state index contributed by atoms with van der Waals surface area (Å²) in [5.74, 6) is 0.663.